The lowest BCUT2D eigenvalue weighted by atomic mass is 9.86. The number of nitrogens with two attached hydrogens (primary N) is 1. The predicted octanol–water partition coefficient (Wildman–Crippen LogP) is 1.84. The van der Waals surface area contributed by atoms with E-state index in [-0.39, 0.29) is 0 Å². The summed E-state index contributed by atoms with van der Waals surface area (Å²) in [7, 11) is 0. The molecule has 0 aromatic carbocycles. The Kier molecular flexibility index (Phi) is 6.80. The molecule has 2 aliphatic rings. The summed E-state index contributed by atoms with van der Waals surface area (Å²) in [5.41, 5.74) is 5.61. The third kappa shape index (κ3) is 5.06. The fourth-order valence-corrected chi connectivity index (χ4v) is 3.59. The second-order valence-electron chi connectivity index (χ2n) is 6.41. The van der Waals surface area contributed by atoms with Crippen LogP contribution in [0.5, 0.6) is 0 Å². The maximum Gasteiger partial charge on any atom is 0.222 e. The molecule has 116 valence electrons. The van der Waals surface area contributed by atoms with E-state index in [1.807, 2.05) is 0 Å². The number of amides is 1. The molecule has 2 N–H and O–H groups in total. The number of hydrogen-bond acceptors (Lipinski definition) is 3. The van der Waals surface area contributed by atoms with Crippen LogP contribution in [0.2, 0.25) is 0 Å². The first kappa shape index (κ1) is 15.8. The SMILES string of the molecule is NCCN1CCCN(C(=O)CCC2CCCCC2)CC1. The van der Waals surface area contributed by atoms with Crippen molar-refractivity contribution in [3.63, 3.8) is 0 Å². The second-order valence-corrected chi connectivity index (χ2v) is 6.41. The Labute approximate surface area is 123 Å². The zero-order valence-electron chi connectivity index (χ0n) is 12.9. The minimum Gasteiger partial charge on any atom is -0.341 e. The van der Waals surface area contributed by atoms with Crippen molar-refractivity contribution in [2.75, 3.05) is 39.3 Å². The third-order valence-corrected chi connectivity index (χ3v) is 4.88. The van der Waals surface area contributed by atoms with Crippen molar-refractivity contribution in [1.82, 2.24) is 9.80 Å². The standard InChI is InChI=1S/C16H31N3O/c17-9-12-18-10-4-11-19(14-13-18)16(20)8-7-15-5-2-1-3-6-15/h15H,1-14,17H2. The molecule has 0 atom stereocenters. The van der Waals surface area contributed by atoms with Crippen molar-refractivity contribution in [1.29, 1.82) is 0 Å². The van der Waals surface area contributed by atoms with E-state index in [1.165, 1.54) is 32.1 Å². The minimum atomic E-state index is 0.380. The Bertz CT molecular complexity index is 289. The van der Waals surface area contributed by atoms with Crippen LogP contribution in [-0.2, 0) is 4.79 Å². The van der Waals surface area contributed by atoms with Crippen LogP contribution in [-0.4, -0.2) is 55.0 Å². The molecule has 1 aliphatic heterocycles. The van der Waals surface area contributed by atoms with E-state index in [9.17, 15) is 4.79 Å². The smallest absolute Gasteiger partial charge is 0.222 e. The van der Waals surface area contributed by atoms with Gasteiger partial charge in [-0.15, -0.1) is 0 Å². The van der Waals surface area contributed by atoms with E-state index in [4.69, 9.17) is 5.73 Å². The molecule has 2 rings (SSSR count). The maximum atomic E-state index is 12.3. The average molecular weight is 281 g/mol. The zero-order chi connectivity index (χ0) is 14.2. The zero-order valence-corrected chi connectivity index (χ0v) is 12.9. The van der Waals surface area contributed by atoms with Gasteiger partial charge in [-0.05, 0) is 25.3 Å². The normalized spacial score (nSPS) is 22.8. The summed E-state index contributed by atoms with van der Waals surface area (Å²) in [4.78, 5) is 16.8. The van der Waals surface area contributed by atoms with Crippen LogP contribution in [0, 0.1) is 5.92 Å². The summed E-state index contributed by atoms with van der Waals surface area (Å²) in [5.74, 6) is 1.19. The molecule has 1 aliphatic carbocycles. The van der Waals surface area contributed by atoms with Gasteiger partial charge in [0.25, 0.3) is 0 Å². The van der Waals surface area contributed by atoms with Crippen molar-refractivity contribution in [3.05, 3.63) is 0 Å². The fourth-order valence-electron chi connectivity index (χ4n) is 3.59. The molecule has 0 unspecified atom stereocenters. The highest BCUT2D eigenvalue weighted by molar-refractivity contribution is 5.76. The Morgan fingerprint density at radius 2 is 1.80 bits per heavy atom. The molecule has 1 saturated carbocycles. The monoisotopic (exact) mass is 281 g/mol. The van der Waals surface area contributed by atoms with Gasteiger partial charge in [-0.1, -0.05) is 32.1 Å². The summed E-state index contributed by atoms with van der Waals surface area (Å²) >= 11 is 0. The lowest BCUT2D eigenvalue weighted by Gasteiger charge is -2.24. The molecule has 0 spiro atoms. The van der Waals surface area contributed by atoms with Gasteiger partial charge < -0.3 is 15.5 Å². The predicted molar refractivity (Wildman–Crippen MR) is 82.5 cm³/mol. The summed E-state index contributed by atoms with van der Waals surface area (Å²) in [5, 5.41) is 0. The van der Waals surface area contributed by atoms with Crippen LogP contribution in [0.15, 0.2) is 0 Å². The van der Waals surface area contributed by atoms with Crippen molar-refractivity contribution in [2.45, 2.75) is 51.4 Å². The van der Waals surface area contributed by atoms with E-state index < -0.39 is 0 Å². The highest BCUT2D eigenvalue weighted by Gasteiger charge is 2.20. The van der Waals surface area contributed by atoms with Crippen LogP contribution < -0.4 is 5.73 Å². The largest absolute Gasteiger partial charge is 0.341 e. The molecule has 4 nitrogen and oxygen atoms in total. The van der Waals surface area contributed by atoms with Crippen molar-refractivity contribution in [3.8, 4) is 0 Å². The van der Waals surface area contributed by atoms with Crippen LogP contribution in [0.3, 0.4) is 0 Å². The van der Waals surface area contributed by atoms with Gasteiger partial charge in [-0.2, -0.15) is 0 Å². The summed E-state index contributed by atoms with van der Waals surface area (Å²) in [6, 6.07) is 0. The Hall–Kier alpha value is -0.610. The highest BCUT2D eigenvalue weighted by atomic mass is 16.2. The van der Waals surface area contributed by atoms with Gasteiger partial charge in [0.2, 0.25) is 5.91 Å². The van der Waals surface area contributed by atoms with Crippen LogP contribution >= 0.6 is 0 Å². The first-order chi connectivity index (χ1) is 9.79. The number of nitrogens with zero attached hydrogens (tertiary/aromatic N) is 2. The summed E-state index contributed by atoms with van der Waals surface area (Å²) < 4.78 is 0. The first-order valence-corrected chi connectivity index (χ1v) is 8.50. The Balaban J connectivity index is 1.69. The minimum absolute atomic E-state index is 0.380. The maximum absolute atomic E-state index is 12.3. The van der Waals surface area contributed by atoms with E-state index in [1.54, 1.807) is 0 Å². The van der Waals surface area contributed by atoms with Crippen molar-refractivity contribution < 1.29 is 4.79 Å². The topological polar surface area (TPSA) is 49.6 Å². The second kappa shape index (κ2) is 8.63. The van der Waals surface area contributed by atoms with E-state index in [0.717, 1.165) is 64.4 Å². The highest BCUT2D eigenvalue weighted by Crippen LogP contribution is 2.27. The van der Waals surface area contributed by atoms with Gasteiger partial charge in [-0.25, -0.2) is 0 Å². The van der Waals surface area contributed by atoms with Gasteiger partial charge >= 0.3 is 0 Å². The Morgan fingerprint density at radius 3 is 2.55 bits per heavy atom. The van der Waals surface area contributed by atoms with Crippen LogP contribution in [0.25, 0.3) is 0 Å². The lowest BCUT2D eigenvalue weighted by Crippen LogP contribution is -2.36. The molecule has 1 heterocycles. The van der Waals surface area contributed by atoms with Gasteiger partial charge in [0.15, 0.2) is 0 Å². The van der Waals surface area contributed by atoms with Crippen LogP contribution in [0.1, 0.15) is 51.4 Å². The molecule has 2 fully saturated rings. The van der Waals surface area contributed by atoms with E-state index in [0.29, 0.717) is 5.91 Å². The quantitative estimate of drug-likeness (QED) is 0.836. The number of rotatable bonds is 5. The molecule has 0 aromatic heterocycles. The molecule has 20 heavy (non-hydrogen) atoms. The molecule has 1 saturated heterocycles. The van der Waals surface area contributed by atoms with Gasteiger partial charge in [0.1, 0.15) is 0 Å². The number of hydrogen-bond donors (Lipinski definition) is 1. The fraction of sp³-hybridized carbons (Fsp3) is 0.938. The van der Waals surface area contributed by atoms with Gasteiger partial charge in [0, 0.05) is 39.1 Å². The molecule has 0 bridgehead atoms. The number of carbonyl (C=O) groups excluding carboxylic acids is 1. The Morgan fingerprint density at radius 1 is 1.00 bits per heavy atom. The third-order valence-electron chi connectivity index (χ3n) is 4.88. The summed E-state index contributed by atoms with van der Waals surface area (Å²) in [6.45, 7) is 5.59. The van der Waals surface area contributed by atoms with E-state index in [2.05, 4.69) is 9.80 Å². The van der Waals surface area contributed by atoms with Crippen molar-refractivity contribution in [2.24, 2.45) is 11.7 Å². The van der Waals surface area contributed by atoms with Crippen LogP contribution in [0.4, 0.5) is 0 Å². The summed E-state index contributed by atoms with van der Waals surface area (Å²) in [6.07, 6.45) is 9.80. The first-order valence-electron chi connectivity index (χ1n) is 8.50. The average Bonchev–Trinajstić information content (AvgIpc) is 2.72. The number of carbonyl (C=O) groups is 1. The molecule has 4 heteroatoms. The molecular formula is C16H31N3O. The van der Waals surface area contributed by atoms with Gasteiger partial charge in [0.05, 0.1) is 0 Å². The lowest BCUT2D eigenvalue weighted by molar-refractivity contribution is -0.131. The van der Waals surface area contributed by atoms with Crippen molar-refractivity contribution >= 4 is 5.91 Å². The molecule has 0 radical (unpaired) electrons. The van der Waals surface area contributed by atoms with Gasteiger partial charge in [-0.3, -0.25) is 4.79 Å². The molecule has 0 aromatic rings. The van der Waals surface area contributed by atoms with E-state index >= 15 is 0 Å². The molecule has 1 amide bonds. The molecular weight excluding hydrogens is 250 g/mol.